The highest BCUT2D eigenvalue weighted by molar-refractivity contribution is 6.32. The largest absolute Gasteiger partial charge is 0.476 e. The quantitative estimate of drug-likeness (QED) is 0.943. The van der Waals surface area contributed by atoms with Crippen LogP contribution in [-0.2, 0) is 12.6 Å². The Hall–Kier alpha value is -2.09. The molecule has 21 heavy (non-hydrogen) atoms. The summed E-state index contributed by atoms with van der Waals surface area (Å²) in [4.78, 5) is 11.0. The van der Waals surface area contributed by atoms with Crippen molar-refractivity contribution in [3.8, 4) is 5.69 Å². The molecule has 2 aromatic rings. The third-order valence-electron chi connectivity index (χ3n) is 2.80. The average Bonchev–Trinajstić information content (AvgIpc) is 2.81. The minimum atomic E-state index is -4.54. The first-order valence-electron chi connectivity index (χ1n) is 5.80. The van der Waals surface area contributed by atoms with E-state index in [1.165, 1.54) is 0 Å². The number of nitrogens with zero attached hydrogens (tertiary/aromatic N) is 3. The zero-order chi connectivity index (χ0) is 15.8. The minimum Gasteiger partial charge on any atom is -0.476 e. The predicted molar refractivity (Wildman–Crippen MR) is 67.7 cm³/mol. The lowest BCUT2D eigenvalue weighted by Gasteiger charge is -2.11. The maximum absolute atomic E-state index is 12.7. The second-order valence-corrected chi connectivity index (χ2v) is 4.53. The standard InChI is InChI=1S/C12H9ClF3N3O2/c1-2-8-10(11(20)21)17-18-19(8)9-5-6(12(14,15)16)3-4-7(9)13/h3-5H,2H2,1H3,(H,20,21). The van der Waals surface area contributed by atoms with Gasteiger partial charge in [-0.3, -0.25) is 0 Å². The molecule has 1 N–H and O–H groups in total. The maximum atomic E-state index is 12.7. The molecule has 0 saturated heterocycles. The molecule has 1 aromatic heterocycles. The first-order chi connectivity index (χ1) is 9.75. The molecule has 1 aromatic carbocycles. The fraction of sp³-hybridized carbons (Fsp3) is 0.250. The molecule has 1 heterocycles. The van der Waals surface area contributed by atoms with Gasteiger partial charge in [0.25, 0.3) is 0 Å². The minimum absolute atomic E-state index is 0.0135. The van der Waals surface area contributed by atoms with E-state index in [0.29, 0.717) is 0 Å². The highest BCUT2D eigenvalue weighted by atomic mass is 35.5. The van der Waals surface area contributed by atoms with Crippen LogP contribution in [-0.4, -0.2) is 26.1 Å². The summed E-state index contributed by atoms with van der Waals surface area (Å²) in [5.74, 6) is -1.30. The van der Waals surface area contributed by atoms with Crippen LogP contribution >= 0.6 is 11.6 Å². The highest BCUT2D eigenvalue weighted by Gasteiger charge is 2.31. The van der Waals surface area contributed by atoms with E-state index in [1.54, 1.807) is 6.92 Å². The summed E-state index contributed by atoms with van der Waals surface area (Å²) in [5.41, 5.74) is -1.12. The van der Waals surface area contributed by atoms with Crippen LogP contribution in [0.5, 0.6) is 0 Å². The first kappa shape index (κ1) is 15.3. The van der Waals surface area contributed by atoms with Crippen molar-refractivity contribution in [3.63, 3.8) is 0 Å². The molecule has 0 spiro atoms. The van der Waals surface area contributed by atoms with Crippen LogP contribution in [0.15, 0.2) is 18.2 Å². The zero-order valence-corrected chi connectivity index (χ0v) is 11.4. The molecule has 0 amide bonds. The van der Waals surface area contributed by atoms with Gasteiger partial charge in [0.1, 0.15) is 0 Å². The Labute approximate surface area is 121 Å². The topological polar surface area (TPSA) is 68.0 Å². The van der Waals surface area contributed by atoms with Crippen molar-refractivity contribution in [2.75, 3.05) is 0 Å². The predicted octanol–water partition coefficient (Wildman–Crippen LogP) is 3.20. The second-order valence-electron chi connectivity index (χ2n) is 4.12. The van der Waals surface area contributed by atoms with Crippen molar-refractivity contribution in [2.24, 2.45) is 0 Å². The van der Waals surface area contributed by atoms with Gasteiger partial charge in [-0.2, -0.15) is 13.2 Å². The first-order valence-corrected chi connectivity index (χ1v) is 6.18. The molecule has 2 rings (SSSR count). The molecule has 0 aliphatic heterocycles. The third-order valence-corrected chi connectivity index (χ3v) is 3.12. The SMILES string of the molecule is CCc1c(C(=O)O)nnn1-c1cc(C(F)(F)F)ccc1Cl. The number of benzene rings is 1. The van der Waals surface area contributed by atoms with Gasteiger partial charge in [0.2, 0.25) is 0 Å². The number of carbonyl (C=O) groups is 1. The van der Waals surface area contributed by atoms with Gasteiger partial charge in [-0.1, -0.05) is 23.7 Å². The van der Waals surface area contributed by atoms with Crippen LogP contribution < -0.4 is 0 Å². The monoisotopic (exact) mass is 319 g/mol. The Morgan fingerprint density at radius 1 is 1.43 bits per heavy atom. The number of hydrogen-bond acceptors (Lipinski definition) is 3. The van der Waals surface area contributed by atoms with Gasteiger partial charge in [0, 0.05) is 0 Å². The Balaban J connectivity index is 2.64. The number of carboxylic acids is 1. The summed E-state index contributed by atoms with van der Waals surface area (Å²) in [6.45, 7) is 1.64. The van der Waals surface area contributed by atoms with Crippen molar-refractivity contribution in [1.29, 1.82) is 0 Å². The molecule has 5 nitrogen and oxygen atoms in total. The van der Waals surface area contributed by atoms with E-state index in [9.17, 15) is 18.0 Å². The molecule has 0 fully saturated rings. The van der Waals surface area contributed by atoms with Gasteiger partial charge in [0.15, 0.2) is 5.69 Å². The van der Waals surface area contributed by atoms with Crippen molar-refractivity contribution < 1.29 is 23.1 Å². The van der Waals surface area contributed by atoms with Crippen LogP contribution in [0, 0.1) is 0 Å². The van der Waals surface area contributed by atoms with Gasteiger partial charge in [-0.25, -0.2) is 9.48 Å². The zero-order valence-electron chi connectivity index (χ0n) is 10.6. The summed E-state index contributed by atoms with van der Waals surface area (Å²) in [6.07, 6.45) is -4.32. The Bertz CT molecular complexity index is 698. The molecule has 0 aliphatic rings. The number of rotatable bonds is 3. The maximum Gasteiger partial charge on any atom is 0.416 e. The van der Waals surface area contributed by atoms with Crippen LogP contribution in [0.4, 0.5) is 13.2 Å². The molecule has 0 aliphatic carbocycles. The number of aromatic nitrogens is 3. The van der Waals surface area contributed by atoms with E-state index in [2.05, 4.69) is 10.3 Å². The van der Waals surface area contributed by atoms with Crippen molar-refractivity contribution in [2.45, 2.75) is 19.5 Å². The van der Waals surface area contributed by atoms with Gasteiger partial charge in [-0.15, -0.1) is 5.10 Å². The Kier molecular flexibility index (Phi) is 3.91. The van der Waals surface area contributed by atoms with Gasteiger partial charge in [0.05, 0.1) is 22.0 Å². The lowest BCUT2D eigenvalue weighted by atomic mass is 10.2. The number of hydrogen-bond donors (Lipinski definition) is 1. The second kappa shape index (κ2) is 5.36. The molecular weight excluding hydrogens is 311 g/mol. The van der Waals surface area contributed by atoms with E-state index < -0.39 is 17.7 Å². The number of aromatic carboxylic acids is 1. The van der Waals surface area contributed by atoms with Crippen LogP contribution in [0.25, 0.3) is 5.69 Å². The molecule has 0 unspecified atom stereocenters. The summed E-state index contributed by atoms with van der Waals surface area (Å²) >= 11 is 5.90. The van der Waals surface area contributed by atoms with Crippen molar-refractivity contribution in [1.82, 2.24) is 15.0 Å². The molecule has 0 atom stereocenters. The van der Waals surface area contributed by atoms with Gasteiger partial charge >= 0.3 is 12.1 Å². The molecule has 0 radical (unpaired) electrons. The Morgan fingerprint density at radius 3 is 2.62 bits per heavy atom. The lowest BCUT2D eigenvalue weighted by Crippen LogP contribution is -2.09. The van der Waals surface area contributed by atoms with Gasteiger partial charge in [-0.05, 0) is 24.6 Å². The molecule has 0 bridgehead atoms. The fourth-order valence-electron chi connectivity index (χ4n) is 1.83. The fourth-order valence-corrected chi connectivity index (χ4v) is 2.03. The molecule has 0 saturated carbocycles. The lowest BCUT2D eigenvalue weighted by molar-refractivity contribution is -0.137. The van der Waals surface area contributed by atoms with Crippen LogP contribution in [0.1, 0.15) is 28.7 Å². The van der Waals surface area contributed by atoms with Crippen LogP contribution in [0.3, 0.4) is 0 Å². The third kappa shape index (κ3) is 2.85. The van der Waals surface area contributed by atoms with Crippen LogP contribution in [0.2, 0.25) is 5.02 Å². The Morgan fingerprint density at radius 2 is 2.10 bits per heavy atom. The summed E-state index contributed by atoms with van der Waals surface area (Å²) < 4.78 is 39.3. The van der Waals surface area contributed by atoms with Crippen molar-refractivity contribution in [3.05, 3.63) is 40.2 Å². The van der Waals surface area contributed by atoms with E-state index in [0.717, 1.165) is 22.9 Å². The molecule has 112 valence electrons. The number of halogens is 4. The van der Waals surface area contributed by atoms with Gasteiger partial charge < -0.3 is 5.11 Å². The smallest absolute Gasteiger partial charge is 0.416 e. The van der Waals surface area contributed by atoms with E-state index in [1.807, 2.05) is 0 Å². The number of carboxylic acid groups (broad SMARTS) is 1. The van der Waals surface area contributed by atoms with Crippen molar-refractivity contribution >= 4 is 17.6 Å². The normalized spacial score (nSPS) is 11.7. The average molecular weight is 320 g/mol. The van der Waals surface area contributed by atoms with E-state index in [-0.39, 0.29) is 28.5 Å². The summed E-state index contributed by atoms with van der Waals surface area (Å²) in [7, 11) is 0. The van der Waals surface area contributed by atoms with E-state index in [4.69, 9.17) is 16.7 Å². The molecule has 9 heteroatoms. The summed E-state index contributed by atoms with van der Waals surface area (Å²) in [6, 6.07) is 2.73. The van der Waals surface area contributed by atoms with E-state index >= 15 is 0 Å². The number of alkyl halides is 3. The summed E-state index contributed by atoms with van der Waals surface area (Å²) in [5, 5.41) is 16.1. The highest BCUT2D eigenvalue weighted by Crippen LogP contribution is 2.33. The molecular formula is C12H9ClF3N3O2.